The van der Waals surface area contributed by atoms with Gasteiger partial charge in [0, 0.05) is 24.7 Å². The summed E-state index contributed by atoms with van der Waals surface area (Å²) in [6, 6.07) is 7.89. The summed E-state index contributed by atoms with van der Waals surface area (Å²) in [5.74, 6) is 0. The molecule has 1 aromatic rings. The lowest BCUT2D eigenvalue weighted by atomic mass is 9.94. The molecule has 3 nitrogen and oxygen atoms in total. The summed E-state index contributed by atoms with van der Waals surface area (Å²) in [7, 11) is 1.78. The van der Waals surface area contributed by atoms with Crippen LogP contribution in [0.3, 0.4) is 0 Å². The van der Waals surface area contributed by atoms with Crippen molar-refractivity contribution < 1.29 is 4.74 Å². The van der Waals surface area contributed by atoms with Gasteiger partial charge in [-0.25, -0.2) is 0 Å². The molecule has 96 valence electrons. The van der Waals surface area contributed by atoms with Crippen LogP contribution in [0.5, 0.6) is 0 Å². The Labute approximate surface area is 116 Å². The van der Waals surface area contributed by atoms with Crippen molar-refractivity contribution in [1.82, 2.24) is 0 Å². The van der Waals surface area contributed by atoms with Crippen LogP contribution in [0.15, 0.2) is 22.7 Å². The number of halogens is 1. The van der Waals surface area contributed by atoms with Crippen molar-refractivity contribution in [1.29, 1.82) is 5.26 Å². The van der Waals surface area contributed by atoms with Gasteiger partial charge in [-0.3, -0.25) is 0 Å². The van der Waals surface area contributed by atoms with Crippen LogP contribution in [0.2, 0.25) is 0 Å². The fourth-order valence-electron chi connectivity index (χ4n) is 2.41. The molecule has 1 heterocycles. The second kappa shape index (κ2) is 5.29. The zero-order valence-corrected chi connectivity index (χ0v) is 12.3. The summed E-state index contributed by atoms with van der Waals surface area (Å²) in [5, 5.41) is 8.88. The van der Waals surface area contributed by atoms with Gasteiger partial charge in [-0.05, 0) is 53.9 Å². The highest BCUT2D eigenvalue weighted by Crippen LogP contribution is 2.33. The van der Waals surface area contributed by atoms with Gasteiger partial charge in [-0.1, -0.05) is 0 Å². The van der Waals surface area contributed by atoms with E-state index in [1.807, 2.05) is 18.2 Å². The Morgan fingerprint density at radius 3 is 2.89 bits per heavy atom. The number of methoxy groups -OCH3 is 1. The maximum atomic E-state index is 8.88. The molecule has 0 spiro atoms. The summed E-state index contributed by atoms with van der Waals surface area (Å²) >= 11 is 3.55. The molecule has 1 saturated heterocycles. The SMILES string of the molecule is COC1(C)CCCN(c2ccc(C#N)cc2Br)C1. The average Bonchev–Trinajstić information content (AvgIpc) is 2.38. The van der Waals surface area contributed by atoms with Crippen molar-refractivity contribution in [3.63, 3.8) is 0 Å². The lowest BCUT2D eigenvalue weighted by Gasteiger charge is -2.41. The average molecular weight is 309 g/mol. The monoisotopic (exact) mass is 308 g/mol. The molecule has 0 N–H and O–H groups in total. The lowest BCUT2D eigenvalue weighted by Crippen LogP contribution is -2.47. The summed E-state index contributed by atoms with van der Waals surface area (Å²) in [5.41, 5.74) is 1.74. The van der Waals surface area contributed by atoms with E-state index in [4.69, 9.17) is 10.00 Å². The molecular formula is C14H17BrN2O. The summed E-state index contributed by atoms with van der Waals surface area (Å²) in [6.45, 7) is 4.06. The zero-order chi connectivity index (χ0) is 13.2. The van der Waals surface area contributed by atoms with Crippen LogP contribution >= 0.6 is 15.9 Å². The number of hydrogen-bond donors (Lipinski definition) is 0. The molecule has 4 heteroatoms. The zero-order valence-electron chi connectivity index (χ0n) is 10.7. The molecule has 1 aliphatic rings. The summed E-state index contributed by atoms with van der Waals surface area (Å²) < 4.78 is 6.58. The minimum atomic E-state index is -0.0778. The van der Waals surface area contributed by atoms with Crippen LogP contribution in [-0.2, 0) is 4.74 Å². The van der Waals surface area contributed by atoms with Crippen molar-refractivity contribution in [2.24, 2.45) is 0 Å². The molecule has 0 amide bonds. The van der Waals surface area contributed by atoms with Gasteiger partial charge < -0.3 is 9.64 Å². The molecule has 1 aliphatic heterocycles. The molecule has 1 unspecified atom stereocenters. The number of nitriles is 1. The third-order valence-electron chi connectivity index (χ3n) is 3.57. The van der Waals surface area contributed by atoms with E-state index < -0.39 is 0 Å². The molecular weight excluding hydrogens is 292 g/mol. The molecule has 0 saturated carbocycles. The first-order valence-corrected chi connectivity index (χ1v) is 6.87. The van der Waals surface area contributed by atoms with Gasteiger partial charge in [0.1, 0.15) is 0 Å². The Kier molecular flexibility index (Phi) is 3.94. The van der Waals surface area contributed by atoms with Crippen LogP contribution in [0.25, 0.3) is 0 Å². The van der Waals surface area contributed by atoms with Gasteiger partial charge in [0.05, 0.1) is 22.9 Å². The van der Waals surface area contributed by atoms with Gasteiger partial charge in [-0.15, -0.1) is 0 Å². The maximum Gasteiger partial charge on any atom is 0.0992 e. The van der Waals surface area contributed by atoms with Crippen molar-refractivity contribution in [3.05, 3.63) is 28.2 Å². The number of rotatable bonds is 2. The first kappa shape index (κ1) is 13.4. The molecule has 0 aliphatic carbocycles. The Morgan fingerprint density at radius 1 is 1.50 bits per heavy atom. The van der Waals surface area contributed by atoms with Gasteiger partial charge in [0.25, 0.3) is 0 Å². The van der Waals surface area contributed by atoms with Crippen LogP contribution < -0.4 is 4.90 Å². The Bertz CT molecular complexity index is 483. The Hall–Kier alpha value is -1.05. The fourth-order valence-corrected chi connectivity index (χ4v) is 3.04. The van der Waals surface area contributed by atoms with Crippen LogP contribution in [-0.4, -0.2) is 25.8 Å². The van der Waals surface area contributed by atoms with Gasteiger partial charge in [0.2, 0.25) is 0 Å². The van der Waals surface area contributed by atoms with E-state index in [0.717, 1.165) is 36.1 Å². The first-order valence-electron chi connectivity index (χ1n) is 6.08. The van der Waals surface area contributed by atoms with E-state index in [1.165, 1.54) is 0 Å². The van der Waals surface area contributed by atoms with Gasteiger partial charge >= 0.3 is 0 Å². The number of ether oxygens (including phenoxy) is 1. The second-order valence-corrected chi connectivity index (χ2v) is 5.81. The largest absolute Gasteiger partial charge is 0.377 e. The molecule has 0 radical (unpaired) electrons. The van der Waals surface area contributed by atoms with Crippen molar-refractivity contribution >= 4 is 21.6 Å². The third kappa shape index (κ3) is 2.68. The van der Waals surface area contributed by atoms with Crippen molar-refractivity contribution in [2.75, 3.05) is 25.1 Å². The molecule has 18 heavy (non-hydrogen) atoms. The van der Waals surface area contributed by atoms with E-state index in [-0.39, 0.29) is 5.60 Å². The second-order valence-electron chi connectivity index (χ2n) is 4.96. The highest BCUT2D eigenvalue weighted by molar-refractivity contribution is 9.10. The lowest BCUT2D eigenvalue weighted by molar-refractivity contribution is -0.00467. The number of anilines is 1. The first-order chi connectivity index (χ1) is 8.58. The third-order valence-corrected chi connectivity index (χ3v) is 4.20. The predicted octanol–water partition coefficient (Wildman–Crippen LogP) is 3.33. The standard InChI is InChI=1S/C14H17BrN2O/c1-14(18-2)6-3-7-17(10-14)13-5-4-11(9-16)8-12(13)15/h4-5,8H,3,6-7,10H2,1-2H3. The van der Waals surface area contributed by atoms with Crippen molar-refractivity contribution in [2.45, 2.75) is 25.4 Å². The van der Waals surface area contributed by atoms with Crippen LogP contribution in [0, 0.1) is 11.3 Å². The minimum absolute atomic E-state index is 0.0778. The van der Waals surface area contributed by atoms with E-state index in [9.17, 15) is 0 Å². The van der Waals surface area contributed by atoms with Crippen LogP contribution in [0.4, 0.5) is 5.69 Å². The molecule has 0 aromatic heterocycles. The molecule has 1 aromatic carbocycles. The molecule has 2 rings (SSSR count). The topological polar surface area (TPSA) is 36.3 Å². The van der Waals surface area contributed by atoms with Gasteiger partial charge in [-0.2, -0.15) is 5.26 Å². The number of nitrogens with zero attached hydrogens (tertiary/aromatic N) is 2. The number of benzene rings is 1. The summed E-state index contributed by atoms with van der Waals surface area (Å²) in [4.78, 5) is 2.32. The maximum absolute atomic E-state index is 8.88. The predicted molar refractivity (Wildman–Crippen MR) is 75.7 cm³/mol. The Balaban J connectivity index is 2.24. The number of hydrogen-bond acceptors (Lipinski definition) is 3. The summed E-state index contributed by atoms with van der Waals surface area (Å²) in [6.07, 6.45) is 2.21. The highest BCUT2D eigenvalue weighted by atomic mass is 79.9. The van der Waals surface area contributed by atoms with E-state index in [1.54, 1.807) is 7.11 Å². The number of piperidine rings is 1. The van der Waals surface area contributed by atoms with E-state index >= 15 is 0 Å². The molecule has 1 atom stereocenters. The van der Waals surface area contributed by atoms with E-state index in [2.05, 4.69) is 33.8 Å². The van der Waals surface area contributed by atoms with Crippen molar-refractivity contribution in [3.8, 4) is 6.07 Å². The Morgan fingerprint density at radius 2 is 2.28 bits per heavy atom. The normalized spacial score (nSPS) is 23.8. The smallest absolute Gasteiger partial charge is 0.0992 e. The molecule has 1 fully saturated rings. The van der Waals surface area contributed by atoms with Crippen LogP contribution in [0.1, 0.15) is 25.3 Å². The van der Waals surface area contributed by atoms with Gasteiger partial charge in [0.15, 0.2) is 0 Å². The van der Waals surface area contributed by atoms with E-state index in [0.29, 0.717) is 5.56 Å². The quantitative estimate of drug-likeness (QED) is 0.841. The fraction of sp³-hybridized carbons (Fsp3) is 0.500. The molecule has 0 bridgehead atoms. The highest BCUT2D eigenvalue weighted by Gasteiger charge is 2.31. The minimum Gasteiger partial charge on any atom is -0.377 e.